The smallest absolute Gasteiger partial charge is 0.247 e. The van der Waals surface area contributed by atoms with Crippen LogP contribution in [0.15, 0.2) is 48.7 Å². The van der Waals surface area contributed by atoms with Crippen molar-refractivity contribution in [1.29, 1.82) is 0 Å². The molecule has 9 heteroatoms. The highest BCUT2D eigenvalue weighted by Gasteiger charge is 2.33. The van der Waals surface area contributed by atoms with Gasteiger partial charge in [0.15, 0.2) is 0 Å². The Morgan fingerprint density at radius 3 is 2.36 bits per heavy atom. The second-order valence-corrected chi connectivity index (χ2v) is 8.97. The summed E-state index contributed by atoms with van der Waals surface area (Å²) in [7, 11) is 1.54. The highest BCUT2D eigenvalue weighted by atomic mass is 16.5. The van der Waals surface area contributed by atoms with Crippen LogP contribution in [0.25, 0.3) is 0 Å². The SMILES string of the molecule is CCOc1ccc([C@H](C(=O)NC(C)(C)CC)N(CCOC)C(=O)CCC(=O)Nc2ccccn2)cc1. The third kappa shape index (κ3) is 8.96. The number of carbonyl (C=O) groups is 3. The lowest BCUT2D eigenvalue weighted by atomic mass is 9.98. The minimum atomic E-state index is -0.895. The zero-order chi connectivity index (χ0) is 26.6. The first-order valence-electron chi connectivity index (χ1n) is 12.2. The summed E-state index contributed by atoms with van der Waals surface area (Å²) in [4.78, 5) is 44.9. The Balaban J connectivity index is 2.28. The number of nitrogens with zero attached hydrogens (tertiary/aromatic N) is 2. The molecule has 0 bridgehead atoms. The van der Waals surface area contributed by atoms with Gasteiger partial charge in [0, 0.05) is 38.2 Å². The molecule has 2 rings (SSSR count). The van der Waals surface area contributed by atoms with Gasteiger partial charge in [-0.1, -0.05) is 25.1 Å². The molecule has 0 fully saturated rings. The summed E-state index contributed by atoms with van der Waals surface area (Å²) in [5.41, 5.74) is 0.185. The van der Waals surface area contributed by atoms with E-state index in [1.54, 1.807) is 48.7 Å². The number of anilines is 1. The maximum atomic E-state index is 13.6. The number of nitrogens with one attached hydrogen (secondary N) is 2. The van der Waals surface area contributed by atoms with Gasteiger partial charge in [0.25, 0.3) is 0 Å². The number of hydrogen-bond donors (Lipinski definition) is 2. The van der Waals surface area contributed by atoms with Crippen molar-refractivity contribution in [1.82, 2.24) is 15.2 Å². The zero-order valence-corrected chi connectivity index (χ0v) is 21.9. The number of benzene rings is 1. The van der Waals surface area contributed by atoms with Gasteiger partial charge in [-0.05, 0) is 57.0 Å². The van der Waals surface area contributed by atoms with Crippen molar-refractivity contribution < 1.29 is 23.9 Å². The average molecular weight is 499 g/mol. The van der Waals surface area contributed by atoms with Crippen LogP contribution in [0, 0.1) is 0 Å². The van der Waals surface area contributed by atoms with Gasteiger partial charge in [0.05, 0.1) is 13.2 Å². The van der Waals surface area contributed by atoms with Crippen LogP contribution in [0.1, 0.15) is 58.6 Å². The van der Waals surface area contributed by atoms with Crippen molar-refractivity contribution in [3.8, 4) is 5.75 Å². The normalized spacial score (nSPS) is 11.9. The third-order valence-electron chi connectivity index (χ3n) is 5.77. The van der Waals surface area contributed by atoms with Crippen molar-refractivity contribution >= 4 is 23.5 Å². The molecule has 0 spiro atoms. The number of rotatable bonds is 14. The molecular weight excluding hydrogens is 460 g/mol. The number of hydrogen-bond acceptors (Lipinski definition) is 6. The summed E-state index contributed by atoms with van der Waals surface area (Å²) in [5, 5.41) is 5.74. The number of amides is 3. The van der Waals surface area contributed by atoms with E-state index < -0.39 is 11.6 Å². The minimum Gasteiger partial charge on any atom is -0.494 e. The average Bonchev–Trinajstić information content (AvgIpc) is 2.86. The molecule has 0 saturated carbocycles. The molecule has 3 amide bonds. The maximum absolute atomic E-state index is 13.6. The minimum absolute atomic E-state index is 0.0447. The molecule has 0 saturated heterocycles. The van der Waals surface area contributed by atoms with E-state index in [1.807, 2.05) is 27.7 Å². The topological polar surface area (TPSA) is 110 Å². The molecule has 0 aliphatic rings. The van der Waals surface area contributed by atoms with Gasteiger partial charge in [-0.15, -0.1) is 0 Å². The summed E-state index contributed by atoms with van der Waals surface area (Å²) in [6.07, 6.45) is 2.18. The molecule has 196 valence electrons. The van der Waals surface area contributed by atoms with Crippen LogP contribution >= 0.6 is 0 Å². The van der Waals surface area contributed by atoms with Crippen LogP contribution in [0.2, 0.25) is 0 Å². The predicted octanol–water partition coefficient (Wildman–Crippen LogP) is 3.72. The molecule has 1 aromatic carbocycles. The van der Waals surface area contributed by atoms with Gasteiger partial charge in [-0.3, -0.25) is 14.4 Å². The fourth-order valence-electron chi connectivity index (χ4n) is 3.47. The number of carbonyl (C=O) groups excluding carboxylic acids is 3. The Morgan fingerprint density at radius 2 is 1.78 bits per heavy atom. The molecule has 9 nitrogen and oxygen atoms in total. The summed E-state index contributed by atoms with van der Waals surface area (Å²) >= 11 is 0. The first-order chi connectivity index (χ1) is 17.2. The van der Waals surface area contributed by atoms with Crippen molar-refractivity contribution in [3.63, 3.8) is 0 Å². The maximum Gasteiger partial charge on any atom is 0.247 e. The summed E-state index contributed by atoms with van der Waals surface area (Å²) in [5.74, 6) is 0.137. The molecule has 0 unspecified atom stereocenters. The molecule has 1 atom stereocenters. The summed E-state index contributed by atoms with van der Waals surface area (Å²) < 4.78 is 10.8. The standard InChI is InChI=1S/C27H38N4O5/c1-6-27(3,4)30-26(34)25(20-11-13-21(14-12-20)36-7-2)31(18-19-35-5)24(33)16-15-23(32)29-22-10-8-9-17-28-22/h8-14,17,25H,6-7,15-16,18-19H2,1-5H3,(H,30,34)(H,28,29,32)/t25-/m1/s1. The van der Waals surface area contributed by atoms with Crippen LogP contribution in [0.5, 0.6) is 5.75 Å². The van der Waals surface area contributed by atoms with E-state index in [-0.39, 0.29) is 43.7 Å². The lowest BCUT2D eigenvalue weighted by Gasteiger charge is -2.34. The highest BCUT2D eigenvalue weighted by molar-refractivity contribution is 5.94. The molecular formula is C27H38N4O5. The van der Waals surface area contributed by atoms with Crippen LogP contribution in [0.4, 0.5) is 5.82 Å². The van der Waals surface area contributed by atoms with E-state index in [1.165, 1.54) is 12.0 Å². The fourth-order valence-corrected chi connectivity index (χ4v) is 3.47. The van der Waals surface area contributed by atoms with Crippen LogP contribution in [-0.2, 0) is 19.1 Å². The Morgan fingerprint density at radius 1 is 1.06 bits per heavy atom. The Hall–Kier alpha value is -3.46. The van der Waals surface area contributed by atoms with Gasteiger partial charge in [-0.25, -0.2) is 4.98 Å². The molecule has 2 N–H and O–H groups in total. The quantitative estimate of drug-likeness (QED) is 0.411. The van der Waals surface area contributed by atoms with Crippen molar-refractivity contribution in [3.05, 3.63) is 54.2 Å². The lowest BCUT2D eigenvalue weighted by molar-refractivity contribution is -0.142. The number of aromatic nitrogens is 1. The van der Waals surface area contributed by atoms with Crippen LogP contribution in [0.3, 0.4) is 0 Å². The molecule has 1 heterocycles. The van der Waals surface area contributed by atoms with E-state index in [0.717, 1.165) is 0 Å². The van der Waals surface area contributed by atoms with E-state index in [0.29, 0.717) is 30.2 Å². The van der Waals surface area contributed by atoms with E-state index >= 15 is 0 Å². The monoisotopic (exact) mass is 498 g/mol. The fraction of sp³-hybridized carbons (Fsp3) is 0.481. The zero-order valence-electron chi connectivity index (χ0n) is 21.9. The first kappa shape index (κ1) is 28.8. The van der Waals surface area contributed by atoms with Gasteiger partial charge in [-0.2, -0.15) is 0 Å². The Labute approximate surface area is 213 Å². The molecule has 2 aromatic rings. The van der Waals surface area contributed by atoms with Gasteiger partial charge in [0.1, 0.15) is 17.6 Å². The van der Waals surface area contributed by atoms with Gasteiger partial charge in [0.2, 0.25) is 17.7 Å². The number of methoxy groups -OCH3 is 1. The summed E-state index contributed by atoms with van der Waals surface area (Å²) in [6.45, 7) is 8.70. The van der Waals surface area contributed by atoms with Crippen molar-refractivity contribution in [2.45, 2.75) is 58.5 Å². The second kappa shape index (κ2) is 14.2. The first-order valence-corrected chi connectivity index (χ1v) is 12.2. The Bertz CT molecular complexity index is 979. The van der Waals surface area contributed by atoms with Crippen LogP contribution in [-0.4, -0.2) is 60.0 Å². The van der Waals surface area contributed by atoms with Gasteiger partial charge < -0.3 is 25.0 Å². The highest BCUT2D eigenvalue weighted by Crippen LogP contribution is 2.26. The Kier molecular flexibility index (Phi) is 11.3. The molecule has 0 aliphatic heterocycles. The van der Waals surface area contributed by atoms with E-state index in [4.69, 9.17) is 9.47 Å². The van der Waals surface area contributed by atoms with E-state index in [2.05, 4.69) is 15.6 Å². The van der Waals surface area contributed by atoms with Crippen molar-refractivity contribution in [2.24, 2.45) is 0 Å². The summed E-state index contributed by atoms with van der Waals surface area (Å²) in [6, 6.07) is 11.4. The number of ether oxygens (including phenoxy) is 2. The lowest BCUT2D eigenvalue weighted by Crippen LogP contribution is -2.51. The molecule has 1 aromatic heterocycles. The largest absolute Gasteiger partial charge is 0.494 e. The van der Waals surface area contributed by atoms with Crippen molar-refractivity contribution in [2.75, 3.05) is 32.2 Å². The van der Waals surface area contributed by atoms with E-state index in [9.17, 15) is 14.4 Å². The third-order valence-corrected chi connectivity index (χ3v) is 5.77. The molecule has 0 radical (unpaired) electrons. The number of pyridine rings is 1. The van der Waals surface area contributed by atoms with Gasteiger partial charge >= 0.3 is 0 Å². The molecule has 0 aliphatic carbocycles. The molecule has 36 heavy (non-hydrogen) atoms. The predicted molar refractivity (Wildman–Crippen MR) is 139 cm³/mol. The van der Waals surface area contributed by atoms with Crippen LogP contribution < -0.4 is 15.4 Å². The second-order valence-electron chi connectivity index (χ2n) is 8.97.